The van der Waals surface area contributed by atoms with Gasteiger partial charge in [0.05, 0.1) is 0 Å². The zero-order valence-corrected chi connectivity index (χ0v) is 14.2. The van der Waals surface area contributed by atoms with E-state index >= 15 is 0 Å². The van der Waals surface area contributed by atoms with E-state index in [1.54, 1.807) is 12.1 Å². The fraction of sp³-hybridized carbons (Fsp3) is 0.136. The van der Waals surface area contributed by atoms with Crippen LogP contribution in [0.15, 0.2) is 66.7 Å². The molecule has 3 aromatic carbocycles. The van der Waals surface area contributed by atoms with Gasteiger partial charge in [0.25, 0.3) is 0 Å². The second-order valence-electron chi connectivity index (χ2n) is 5.79. The van der Waals surface area contributed by atoms with Crippen LogP contribution in [0.1, 0.15) is 17.5 Å². The fourth-order valence-electron chi connectivity index (χ4n) is 2.48. The summed E-state index contributed by atoms with van der Waals surface area (Å²) in [6.45, 7) is 0.688. The minimum atomic E-state index is -0.443. The van der Waals surface area contributed by atoms with E-state index in [1.807, 2.05) is 54.6 Å². The van der Waals surface area contributed by atoms with Gasteiger partial charge in [-0.25, -0.2) is 4.79 Å². The Labute approximate surface area is 152 Å². The molecule has 4 nitrogen and oxygen atoms in total. The van der Waals surface area contributed by atoms with E-state index in [0.717, 1.165) is 21.9 Å². The summed E-state index contributed by atoms with van der Waals surface area (Å²) in [6.07, 6.45) is 0.0924. The molecule has 4 heteroatoms. The third kappa shape index (κ3) is 5.02. The molecule has 26 heavy (non-hydrogen) atoms. The van der Waals surface area contributed by atoms with Crippen molar-refractivity contribution in [3.05, 3.63) is 77.9 Å². The van der Waals surface area contributed by atoms with E-state index in [2.05, 4.69) is 17.2 Å². The molecular weight excluding hydrogens is 326 g/mol. The van der Waals surface area contributed by atoms with Crippen molar-refractivity contribution in [1.29, 1.82) is 0 Å². The van der Waals surface area contributed by atoms with Crippen molar-refractivity contribution in [3.63, 3.8) is 0 Å². The van der Waals surface area contributed by atoms with E-state index in [-0.39, 0.29) is 12.4 Å². The molecule has 3 aromatic rings. The van der Waals surface area contributed by atoms with Gasteiger partial charge in [0, 0.05) is 18.5 Å². The van der Waals surface area contributed by atoms with E-state index in [4.69, 9.17) is 4.74 Å². The fourth-order valence-corrected chi connectivity index (χ4v) is 2.48. The summed E-state index contributed by atoms with van der Waals surface area (Å²) in [5, 5.41) is 14.2. The Kier molecular flexibility index (Phi) is 5.74. The van der Waals surface area contributed by atoms with Gasteiger partial charge in [-0.2, -0.15) is 0 Å². The average molecular weight is 345 g/mol. The van der Waals surface area contributed by atoms with E-state index < -0.39 is 6.09 Å². The highest BCUT2D eigenvalue weighted by Crippen LogP contribution is 2.20. The van der Waals surface area contributed by atoms with Gasteiger partial charge in [0.15, 0.2) is 0 Å². The van der Waals surface area contributed by atoms with Crippen molar-refractivity contribution in [2.75, 3.05) is 6.54 Å². The van der Waals surface area contributed by atoms with Gasteiger partial charge in [-0.1, -0.05) is 54.3 Å². The largest absolute Gasteiger partial charge is 0.508 e. The Morgan fingerprint density at radius 3 is 2.62 bits per heavy atom. The van der Waals surface area contributed by atoms with Crippen molar-refractivity contribution < 1.29 is 14.6 Å². The molecule has 0 saturated heterocycles. The van der Waals surface area contributed by atoms with E-state index in [1.165, 1.54) is 0 Å². The van der Waals surface area contributed by atoms with Crippen LogP contribution in [0.4, 0.5) is 4.79 Å². The van der Waals surface area contributed by atoms with Gasteiger partial charge >= 0.3 is 6.09 Å². The third-order valence-electron chi connectivity index (χ3n) is 3.79. The highest BCUT2D eigenvalue weighted by molar-refractivity contribution is 5.85. The average Bonchev–Trinajstić information content (AvgIpc) is 2.67. The second kappa shape index (κ2) is 8.59. The molecule has 1 amide bonds. The molecule has 0 aromatic heterocycles. The monoisotopic (exact) mass is 345 g/mol. The number of amides is 1. The SMILES string of the molecule is O=C(NCCC#Cc1ccc2cc(O)ccc2c1)OCc1ccccc1. The lowest BCUT2D eigenvalue weighted by Crippen LogP contribution is -2.24. The van der Waals surface area contributed by atoms with Crippen LogP contribution in [0.5, 0.6) is 5.75 Å². The molecule has 0 aliphatic carbocycles. The molecule has 0 aliphatic rings. The maximum absolute atomic E-state index is 11.6. The summed E-state index contributed by atoms with van der Waals surface area (Å²) in [5.74, 6) is 6.37. The smallest absolute Gasteiger partial charge is 0.407 e. The molecule has 130 valence electrons. The first-order chi connectivity index (χ1) is 12.7. The lowest BCUT2D eigenvalue weighted by molar-refractivity contribution is 0.140. The van der Waals surface area contributed by atoms with Gasteiger partial charge in [-0.05, 0) is 40.6 Å². The predicted octanol–water partition coefficient (Wildman–Crippen LogP) is 4.21. The number of phenolic OH excluding ortho intramolecular Hbond substituents is 1. The summed E-state index contributed by atoms with van der Waals surface area (Å²) >= 11 is 0. The van der Waals surface area contributed by atoms with E-state index in [9.17, 15) is 9.90 Å². The lowest BCUT2D eigenvalue weighted by Gasteiger charge is -2.05. The Morgan fingerprint density at radius 1 is 1.00 bits per heavy atom. The van der Waals surface area contributed by atoms with Crippen molar-refractivity contribution >= 4 is 16.9 Å². The number of ether oxygens (including phenoxy) is 1. The molecule has 0 unspecified atom stereocenters. The number of hydrogen-bond donors (Lipinski definition) is 2. The highest BCUT2D eigenvalue weighted by atomic mass is 16.5. The summed E-state index contributed by atoms with van der Waals surface area (Å²) in [7, 11) is 0. The number of phenols is 1. The summed E-state index contributed by atoms with van der Waals surface area (Å²) < 4.78 is 5.13. The number of carbonyl (C=O) groups excluding carboxylic acids is 1. The maximum atomic E-state index is 11.6. The van der Waals surface area contributed by atoms with Crippen LogP contribution in [-0.2, 0) is 11.3 Å². The molecule has 3 rings (SSSR count). The van der Waals surface area contributed by atoms with Crippen molar-refractivity contribution in [2.24, 2.45) is 0 Å². The number of aromatic hydroxyl groups is 1. The second-order valence-corrected chi connectivity index (χ2v) is 5.79. The Morgan fingerprint density at radius 2 is 1.77 bits per heavy atom. The molecule has 0 saturated carbocycles. The van der Waals surface area contributed by atoms with E-state index in [0.29, 0.717) is 13.0 Å². The minimum Gasteiger partial charge on any atom is -0.508 e. The van der Waals surface area contributed by atoms with Gasteiger partial charge in [-0.15, -0.1) is 0 Å². The molecule has 0 radical (unpaired) electrons. The number of rotatable bonds is 4. The first kappa shape index (κ1) is 17.4. The van der Waals surface area contributed by atoms with Crippen LogP contribution in [0.2, 0.25) is 0 Å². The van der Waals surface area contributed by atoms with Crippen LogP contribution in [0, 0.1) is 11.8 Å². The quantitative estimate of drug-likeness (QED) is 0.550. The Hall–Kier alpha value is -3.45. The van der Waals surface area contributed by atoms with Gasteiger partial charge in [0.1, 0.15) is 12.4 Å². The number of benzene rings is 3. The number of fused-ring (bicyclic) bond motifs is 1. The highest BCUT2D eigenvalue weighted by Gasteiger charge is 2.00. The topological polar surface area (TPSA) is 58.6 Å². The molecule has 0 atom stereocenters. The standard InChI is InChI=1S/C22H19NO3/c24-21-12-11-19-14-17(9-10-20(19)15-21)6-4-5-13-23-22(25)26-16-18-7-2-1-3-8-18/h1-3,7-12,14-15,24H,5,13,16H2,(H,23,25). The van der Waals surface area contributed by atoms with Gasteiger partial charge in [0.2, 0.25) is 0 Å². The van der Waals surface area contributed by atoms with Gasteiger partial charge in [-0.3, -0.25) is 0 Å². The normalized spacial score (nSPS) is 10.0. The van der Waals surface area contributed by atoms with Crippen molar-refractivity contribution in [3.8, 4) is 17.6 Å². The van der Waals surface area contributed by atoms with Crippen molar-refractivity contribution in [2.45, 2.75) is 13.0 Å². The molecular formula is C22H19NO3. The van der Waals surface area contributed by atoms with Crippen LogP contribution in [0.3, 0.4) is 0 Å². The lowest BCUT2D eigenvalue weighted by atomic mass is 10.1. The first-order valence-electron chi connectivity index (χ1n) is 8.37. The summed E-state index contributed by atoms with van der Waals surface area (Å²) in [6, 6.07) is 20.6. The van der Waals surface area contributed by atoms with Crippen LogP contribution < -0.4 is 5.32 Å². The minimum absolute atomic E-state index is 0.251. The van der Waals surface area contributed by atoms with Crippen LogP contribution in [0.25, 0.3) is 10.8 Å². The maximum Gasteiger partial charge on any atom is 0.407 e. The molecule has 0 fully saturated rings. The zero-order chi connectivity index (χ0) is 18.2. The zero-order valence-electron chi connectivity index (χ0n) is 14.2. The number of hydrogen-bond acceptors (Lipinski definition) is 3. The summed E-state index contributed by atoms with van der Waals surface area (Å²) in [5.41, 5.74) is 1.85. The predicted molar refractivity (Wildman–Crippen MR) is 102 cm³/mol. The Bertz CT molecular complexity index is 955. The number of alkyl carbamates (subject to hydrolysis) is 1. The third-order valence-corrected chi connectivity index (χ3v) is 3.79. The van der Waals surface area contributed by atoms with Crippen LogP contribution >= 0.6 is 0 Å². The molecule has 0 bridgehead atoms. The Balaban J connectivity index is 1.44. The number of carbonyl (C=O) groups is 1. The van der Waals surface area contributed by atoms with Crippen molar-refractivity contribution in [1.82, 2.24) is 5.32 Å². The first-order valence-corrected chi connectivity index (χ1v) is 8.37. The molecule has 0 heterocycles. The molecule has 2 N–H and O–H groups in total. The number of nitrogens with one attached hydrogen (secondary N) is 1. The van der Waals surface area contributed by atoms with Gasteiger partial charge < -0.3 is 15.2 Å². The van der Waals surface area contributed by atoms with Crippen LogP contribution in [-0.4, -0.2) is 17.7 Å². The summed E-state index contributed by atoms with van der Waals surface area (Å²) in [4.78, 5) is 11.6. The molecule has 0 aliphatic heterocycles. The molecule has 0 spiro atoms.